The second kappa shape index (κ2) is 11.2. The third-order valence-electron chi connectivity index (χ3n) is 6.86. The first kappa shape index (κ1) is 26.1. The highest BCUT2D eigenvalue weighted by Gasteiger charge is 2.35. The van der Waals surface area contributed by atoms with Gasteiger partial charge in [-0.3, -0.25) is 9.59 Å². The zero-order valence-electron chi connectivity index (χ0n) is 21.6. The number of nitrogens with zero attached hydrogens (tertiary/aromatic N) is 5. The first-order valence-electron chi connectivity index (χ1n) is 12.8. The lowest BCUT2D eigenvalue weighted by Crippen LogP contribution is -2.32. The monoisotopic (exact) mass is 616 g/mol. The van der Waals surface area contributed by atoms with Crippen LogP contribution in [-0.4, -0.2) is 38.3 Å². The molecule has 0 spiro atoms. The molecule has 202 valence electrons. The van der Waals surface area contributed by atoms with Crippen molar-refractivity contribution in [3.63, 3.8) is 0 Å². The van der Waals surface area contributed by atoms with Gasteiger partial charge in [0.05, 0.1) is 30.1 Å². The summed E-state index contributed by atoms with van der Waals surface area (Å²) in [6.07, 6.45) is 3.40. The van der Waals surface area contributed by atoms with E-state index in [-0.39, 0.29) is 24.8 Å². The quantitative estimate of drug-likeness (QED) is 0.248. The summed E-state index contributed by atoms with van der Waals surface area (Å²) in [4.78, 5) is 33.8. The lowest BCUT2D eigenvalue weighted by atomic mass is 10.1. The zero-order valence-corrected chi connectivity index (χ0v) is 24.0. The summed E-state index contributed by atoms with van der Waals surface area (Å²) in [5, 5.41) is 11.5. The lowest BCUT2D eigenvalue weighted by molar-refractivity contribution is -0.126. The number of anilines is 1. The number of aryl methyl sites for hydroxylation is 1. The van der Waals surface area contributed by atoms with Crippen molar-refractivity contribution < 1.29 is 14.0 Å². The normalized spacial score (nSPS) is 15.1. The summed E-state index contributed by atoms with van der Waals surface area (Å²) in [5.41, 5.74) is 4.43. The number of rotatable bonds is 8. The minimum absolute atomic E-state index is 0.0640. The molecule has 1 saturated heterocycles. The molecule has 5 aromatic rings. The molecule has 9 nitrogen and oxygen atoms in total. The van der Waals surface area contributed by atoms with Gasteiger partial charge in [0.15, 0.2) is 6.39 Å². The van der Waals surface area contributed by atoms with E-state index in [4.69, 9.17) is 4.42 Å². The van der Waals surface area contributed by atoms with E-state index in [2.05, 4.69) is 54.7 Å². The van der Waals surface area contributed by atoms with Crippen LogP contribution in [0.15, 0.2) is 82.1 Å². The van der Waals surface area contributed by atoms with E-state index in [1.807, 2.05) is 55.6 Å². The molecular formula is C29H25BrN6O3S. The molecule has 1 N–H and O–H groups in total. The second-order valence-corrected chi connectivity index (χ2v) is 11.5. The molecule has 1 fully saturated rings. The van der Waals surface area contributed by atoms with Crippen LogP contribution in [0.5, 0.6) is 0 Å². The third-order valence-corrected chi connectivity index (χ3v) is 8.91. The van der Waals surface area contributed by atoms with E-state index in [1.165, 1.54) is 16.8 Å². The van der Waals surface area contributed by atoms with E-state index in [1.54, 1.807) is 20.9 Å². The molecular weight excluding hydrogens is 592 g/mol. The molecule has 0 bridgehead atoms. The number of thiophene rings is 1. The first-order valence-corrected chi connectivity index (χ1v) is 14.4. The van der Waals surface area contributed by atoms with Crippen LogP contribution >= 0.6 is 27.3 Å². The molecule has 1 aliphatic rings. The Morgan fingerprint density at radius 3 is 2.80 bits per heavy atom. The molecule has 1 aliphatic heterocycles. The summed E-state index contributed by atoms with van der Waals surface area (Å²) in [6.45, 7) is 2.83. The number of hydrogen-bond donors (Lipinski definition) is 1. The fourth-order valence-electron chi connectivity index (χ4n) is 4.68. The van der Waals surface area contributed by atoms with Gasteiger partial charge in [0, 0.05) is 28.0 Å². The average molecular weight is 618 g/mol. The van der Waals surface area contributed by atoms with Crippen molar-refractivity contribution in [3.8, 4) is 21.0 Å². The van der Waals surface area contributed by atoms with Gasteiger partial charge < -0.3 is 14.6 Å². The van der Waals surface area contributed by atoms with Crippen LogP contribution in [0.3, 0.4) is 0 Å². The Labute approximate surface area is 243 Å². The molecule has 0 aliphatic carbocycles. The fourth-order valence-corrected chi connectivity index (χ4v) is 5.89. The van der Waals surface area contributed by atoms with Gasteiger partial charge in [-0.05, 0) is 48.4 Å². The van der Waals surface area contributed by atoms with Crippen molar-refractivity contribution in [2.45, 2.75) is 26.4 Å². The Hall–Kier alpha value is -4.09. The Balaban J connectivity index is 1.06. The SMILES string of the molecule is Cc1cc(N2CC(C(=O)NCc3ocnc3Cn3cc(-c4ccc(-c5ccccc5)s4)nn3)CC2=O)ccc1Br. The van der Waals surface area contributed by atoms with Crippen molar-refractivity contribution in [1.82, 2.24) is 25.3 Å². The summed E-state index contributed by atoms with van der Waals surface area (Å²) >= 11 is 5.14. The number of carbonyl (C=O) groups is 2. The van der Waals surface area contributed by atoms with Gasteiger partial charge in [-0.2, -0.15) is 0 Å². The maximum absolute atomic E-state index is 12.9. The van der Waals surface area contributed by atoms with Crippen molar-refractivity contribution in [3.05, 3.63) is 94.7 Å². The average Bonchev–Trinajstić information content (AvgIpc) is 3.77. The van der Waals surface area contributed by atoms with Gasteiger partial charge >= 0.3 is 0 Å². The Morgan fingerprint density at radius 2 is 1.98 bits per heavy atom. The molecule has 1 atom stereocenters. The fraction of sp³-hybridized carbons (Fsp3) is 0.207. The van der Waals surface area contributed by atoms with E-state index >= 15 is 0 Å². The van der Waals surface area contributed by atoms with Crippen molar-refractivity contribution in [2.24, 2.45) is 5.92 Å². The van der Waals surface area contributed by atoms with E-state index in [9.17, 15) is 9.59 Å². The smallest absolute Gasteiger partial charge is 0.227 e. The maximum Gasteiger partial charge on any atom is 0.227 e. The van der Waals surface area contributed by atoms with Crippen LogP contribution in [0.25, 0.3) is 21.0 Å². The van der Waals surface area contributed by atoms with Gasteiger partial charge in [-0.25, -0.2) is 9.67 Å². The van der Waals surface area contributed by atoms with Gasteiger partial charge in [0.25, 0.3) is 0 Å². The highest BCUT2D eigenvalue weighted by Crippen LogP contribution is 2.33. The first-order chi connectivity index (χ1) is 19.4. The van der Waals surface area contributed by atoms with Crippen LogP contribution in [-0.2, 0) is 22.7 Å². The summed E-state index contributed by atoms with van der Waals surface area (Å²) in [6, 6.07) is 20.1. The van der Waals surface area contributed by atoms with Crippen LogP contribution in [0, 0.1) is 12.8 Å². The molecule has 2 aromatic carbocycles. The van der Waals surface area contributed by atoms with E-state index in [0.717, 1.165) is 26.3 Å². The molecule has 0 saturated carbocycles. The van der Waals surface area contributed by atoms with Gasteiger partial charge in [-0.15, -0.1) is 16.4 Å². The van der Waals surface area contributed by atoms with Crippen LogP contribution < -0.4 is 10.2 Å². The minimum atomic E-state index is -0.438. The number of nitrogens with one attached hydrogen (secondary N) is 1. The van der Waals surface area contributed by atoms with Crippen molar-refractivity contribution in [1.29, 1.82) is 0 Å². The molecule has 1 unspecified atom stereocenters. The Morgan fingerprint density at radius 1 is 1.15 bits per heavy atom. The van der Waals surface area contributed by atoms with Crippen LogP contribution in [0.2, 0.25) is 0 Å². The number of hydrogen-bond acceptors (Lipinski definition) is 7. The highest BCUT2D eigenvalue weighted by atomic mass is 79.9. The number of halogens is 1. The number of aromatic nitrogens is 4. The predicted molar refractivity (Wildman–Crippen MR) is 156 cm³/mol. The largest absolute Gasteiger partial charge is 0.446 e. The number of amides is 2. The predicted octanol–water partition coefficient (Wildman–Crippen LogP) is 5.45. The highest BCUT2D eigenvalue weighted by molar-refractivity contribution is 9.10. The van der Waals surface area contributed by atoms with E-state index < -0.39 is 5.92 Å². The van der Waals surface area contributed by atoms with Crippen molar-refractivity contribution in [2.75, 3.05) is 11.4 Å². The lowest BCUT2D eigenvalue weighted by Gasteiger charge is -2.17. The summed E-state index contributed by atoms with van der Waals surface area (Å²) in [5.74, 6) is -0.155. The van der Waals surface area contributed by atoms with Gasteiger partial charge in [0.1, 0.15) is 17.1 Å². The van der Waals surface area contributed by atoms with Crippen molar-refractivity contribution >= 4 is 44.8 Å². The van der Waals surface area contributed by atoms with Gasteiger partial charge in [-0.1, -0.05) is 51.5 Å². The molecule has 2 amide bonds. The standard InChI is InChI=1S/C29H25BrN6O3S/c1-18-11-21(7-8-22(18)30)36-14-20(12-28(36)37)29(38)31-13-25-23(32-17-39-25)15-35-16-24(33-34-35)27-10-9-26(40-27)19-5-3-2-4-6-19/h2-11,16-17,20H,12-15H2,1H3,(H,31,38). The second-order valence-electron chi connectivity index (χ2n) is 9.61. The molecule has 6 rings (SSSR count). The van der Waals surface area contributed by atoms with Gasteiger partial charge in [0.2, 0.25) is 11.8 Å². The topological polar surface area (TPSA) is 106 Å². The molecule has 3 aromatic heterocycles. The third kappa shape index (κ3) is 5.47. The minimum Gasteiger partial charge on any atom is -0.446 e. The van der Waals surface area contributed by atoms with Crippen LogP contribution in [0.1, 0.15) is 23.4 Å². The molecule has 11 heteroatoms. The summed E-state index contributed by atoms with van der Waals surface area (Å²) < 4.78 is 8.24. The summed E-state index contributed by atoms with van der Waals surface area (Å²) in [7, 11) is 0. The number of carbonyl (C=O) groups excluding carboxylic acids is 2. The molecule has 4 heterocycles. The Bertz CT molecular complexity index is 1680. The number of benzene rings is 2. The maximum atomic E-state index is 12.9. The molecule has 40 heavy (non-hydrogen) atoms. The van der Waals surface area contributed by atoms with Crippen LogP contribution in [0.4, 0.5) is 5.69 Å². The zero-order chi connectivity index (χ0) is 27.6. The Kier molecular flexibility index (Phi) is 7.31. The molecule has 0 radical (unpaired) electrons. The van der Waals surface area contributed by atoms with E-state index in [0.29, 0.717) is 24.5 Å². The number of oxazole rings is 1.